The number of carbonyl (C=O) groups is 1. The van der Waals surface area contributed by atoms with Gasteiger partial charge in [-0.3, -0.25) is 4.68 Å². The lowest BCUT2D eigenvalue weighted by atomic mass is 9.97. The van der Waals surface area contributed by atoms with Gasteiger partial charge in [-0.05, 0) is 44.0 Å². The highest BCUT2D eigenvalue weighted by molar-refractivity contribution is 6.30. The Labute approximate surface area is 118 Å². The van der Waals surface area contributed by atoms with Crippen LogP contribution in [0.1, 0.15) is 37.1 Å². The molecular weight excluding hydrogens is 260 g/mol. The smallest absolute Gasteiger partial charge is 0.129 e. The third-order valence-electron chi connectivity index (χ3n) is 3.10. The molecule has 0 unspecified atom stereocenters. The zero-order valence-electron chi connectivity index (χ0n) is 11.1. The fourth-order valence-electron chi connectivity index (χ4n) is 2.15. The second-order valence-electron chi connectivity index (χ2n) is 4.87. The molecule has 0 saturated carbocycles. The van der Waals surface area contributed by atoms with Crippen LogP contribution in [0, 0.1) is 0 Å². The van der Waals surface area contributed by atoms with E-state index >= 15 is 0 Å². The Morgan fingerprint density at radius 2 is 1.95 bits per heavy atom. The second kappa shape index (κ2) is 6.02. The highest BCUT2D eigenvalue weighted by Crippen LogP contribution is 2.22. The number of aldehydes is 1. The molecule has 1 aromatic heterocycles. The van der Waals surface area contributed by atoms with E-state index in [1.165, 1.54) is 0 Å². The van der Waals surface area contributed by atoms with Crippen molar-refractivity contribution >= 4 is 17.9 Å². The first kappa shape index (κ1) is 13.8. The molecular formula is C15H17ClN2O. The predicted octanol–water partition coefficient (Wildman–Crippen LogP) is 3.64. The molecule has 0 aliphatic carbocycles. The van der Waals surface area contributed by atoms with Crippen LogP contribution in [0.25, 0.3) is 0 Å². The molecule has 1 heterocycles. The third kappa shape index (κ3) is 3.24. The Morgan fingerprint density at radius 1 is 1.26 bits per heavy atom. The van der Waals surface area contributed by atoms with Gasteiger partial charge >= 0.3 is 0 Å². The van der Waals surface area contributed by atoms with Crippen LogP contribution in [-0.2, 0) is 11.2 Å². The Morgan fingerprint density at radius 3 is 2.53 bits per heavy atom. The van der Waals surface area contributed by atoms with Gasteiger partial charge in [-0.25, -0.2) is 0 Å². The fraction of sp³-hybridized carbons (Fsp3) is 0.333. The molecule has 0 fully saturated rings. The molecule has 100 valence electrons. The first-order valence-electron chi connectivity index (χ1n) is 6.35. The number of nitrogens with zero attached hydrogens (tertiary/aromatic N) is 2. The van der Waals surface area contributed by atoms with E-state index in [4.69, 9.17) is 11.6 Å². The summed E-state index contributed by atoms with van der Waals surface area (Å²) in [6.45, 7) is 4.11. The van der Waals surface area contributed by atoms with Crippen molar-refractivity contribution in [3.05, 3.63) is 52.8 Å². The van der Waals surface area contributed by atoms with Gasteiger partial charge in [0.1, 0.15) is 6.29 Å². The van der Waals surface area contributed by atoms with Crippen molar-refractivity contribution in [1.29, 1.82) is 0 Å². The van der Waals surface area contributed by atoms with Crippen molar-refractivity contribution in [2.45, 2.75) is 32.2 Å². The summed E-state index contributed by atoms with van der Waals surface area (Å²) in [5.41, 5.74) is 2.05. The van der Waals surface area contributed by atoms with Gasteiger partial charge in [-0.2, -0.15) is 5.10 Å². The van der Waals surface area contributed by atoms with Crippen molar-refractivity contribution in [2.24, 2.45) is 0 Å². The largest absolute Gasteiger partial charge is 0.303 e. The monoisotopic (exact) mass is 276 g/mol. The van der Waals surface area contributed by atoms with E-state index in [0.29, 0.717) is 11.4 Å². The van der Waals surface area contributed by atoms with Gasteiger partial charge in [0.15, 0.2) is 0 Å². The topological polar surface area (TPSA) is 34.9 Å². The van der Waals surface area contributed by atoms with E-state index in [1.54, 1.807) is 6.20 Å². The molecule has 0 radical (unpaired) electrons. The number of aromatic nitrogens is 2. The molecule has 2 rings (SSSR count). The van der Waals surface area contributed by atoms with Gasteiger partial charge in [-0.15, -0.1) is 0 Å². The zero-order chi connectivity index (χ0) is 13.8. The summed E-state index contributed by atoms with van der Waals surface area (Å²) in [5.74, 6) is -0.175. The van der Waals surface area contributed by atoms with Crippen molar-refractivity contribution < 1.29 is 4.79 Å². The van der Waals surface area contributed by atoms with Crippen LogP contribution in [-0.4, -0.2) is 16.1 Å². The SMILES string of the molecule is CC(C)n1nccc1[C@H](C=O)Cc1ccc(Cl)cc1. The Balaban J connectivity index is 2.22. The van der Waals surface area contributed by atoms with Gasteiger partial charge in [0.05, 0.1) is 5.92 Å². The molecule has 0 bridgehead atoms. The minimum Gasteiger partial charge on any atom is -0.303 e. The fourth-order valence-corrected chi connectivity index (χ4v) is 2.27. The highest BCUT2D eigenvalue weighted by atomic mass is 35.5. The lowest BCUT2D eigenvalue weighted by molar-refractivity contribution is -0.109. The maximum absolute atomic E-state index is 11.4. The first-order valence-corrected chi connectivity index (χ1v) is 6.72. The van der Waals surface area contributed by atoms with Crippen molar-refractivity contribution in [2.75, 3.05) is 0 Å². The lowest BCUT2D eigenvalue weighted by Gasteiger charge is -2.16. The lowest BCUT2D eigenvalue weighted by Crippen LogP contribution is -2.14. The van der Waals surface area contributed by atoms with Crippen LogP contribution in [0.2, 0.25) is 5.02 Å². The van der Waals surface area contributed by atoms with Crippen LogP contribution in [0.15, 0.2) is 36.5 Å². The molecule has 19 heavy (non-hydrogen) atoms. The molecule has 0 saturated heterocycles. The summed E-state index contributed by atoms with van der Waals surface area (Å²) in [6, 6.07) is 9.76. The second-order valence-corrected chi connectivity index (χ2v) is 5.30. The van der Waals surface area contributed by atoms with Crippen LogP contribution in [0.5, 0.6) is 0 Å². The summed E-state index contributed by atoms with van der Waals surface area (Å²) in [4.78, 5) is 11.4. The molecule has 0 N–H and O–H groups in total. The standard InChI is InChI=1S/C15H17ClN2O/c1-11(2)18-15(7-8-17-18)13(10-19)9-12-3-5-14(16)6-4-12/h3-8,10-11,13H,9H2,1-2H3/t13-/m0/s1. The molecule has 0 aliphatic rings. The maximum Gasteiger partial charge on any atom is 0.129 e. The quantitative estimate of drug-likeness (QED) is 0.782. The predicted molar refractivity (Wildman–Crippen MR) is 76.6 cm³/mol. The molecule has 3 nitrogen and oxygen atoms in total. The number of rotatable bonds is 5. The van der Waals surface area contributed by atoms with E-state index in [9.17, 15) is 4.79 Å². The average molecular weight is 277 g/mol. The van der Waals surface area contributed by atoms with Gasteiger partial charge < -0.3 is 4.79 Å². The van der Waals surface area contributed by atoms with Crippen molar-refractivity contribution in [1.82, 2.24) is 9.78 Å². The molecule has 0 aliphatic heterocycles. The van der Waals surface area contributed by atoms with E-state index < -0.39 is 0 Å². The molecule has 1 aromatic carbocycles. The van der Waals surface area contributed by atoms with E-state index in [0.717, 1.165) is 17.5 Å². The summed E-state index contributed by atoms with van der Waals surface area (Å²) in [7, 11) is 0. The number of hydrogen-bond donors (Lipinski definition) is 0. The molecule has 4 heteroatoms. The van der Waals surface area contributed by atoms with Gasteiger partial charge in [0.25, 0.3) is 0 Å². The number of carbonyl (C=O) groups excluding carboxylic acids is 1. The van der Waals surface area contributed by atoms with Crippen molar-refractivity contribution in [3.63, 3.8) is 0 Å². The normalized spacial score (nSPS) is 12.6. The summed E-state index contributed by atoms with van der Waals surface area (Å²) < 4.78 is 1.90. The van der Waals surface area contributed by atoms with Gasteiger partial charge in [-0.1, -0.05) is 23.7 Å². The summed E-state index contributed by atoms with van der Waals surface area (Å²) >= 11 is 5.86. The summed E-state index contributed by atoms with van der Waals surface area (Å²) in [5, 5.41) is 4.98. The Kier molecular flexibility index (Phi) is 4.38. The highest BCUT2D eigenvalue weighted by Gasteiger charge is 2.17. The number of halogens is 1. The number of hydrogen-bond acceptors (Lipinski definition) is 2. The average Bonchev–Trinajstić information content (AvgIpc) is 2.87. The first-order chi connectivity index (χ1) is 9.11. The van der Waals surface area contributed by atoms with Gasteiger partial charge in [0.2, 0.25) is 0 Å². The Bertz CT molecular complexity index is 546. The van der Waals surface area contributed by atoms with E-state index in [2.05, 4.69) is 18.9 Å². The van der Waals surface area contributed by atoms with Crippen LogP contribution >= 0.6 is 11.6 Å². The Hall–Kier alpha value is -1.61. The summed E-state index contributed by atoms with van der Waals surface area (Å²) in [6.07, 6.45) is 3.40. The zero-order valence-corrected chi connectivity index (χ0v) is 11.8. The molecule has 1 atom stereocenters. The molecule has 0 amide bonds. The minimum absolute atomic E-state index is 0.175. The maximum atomic E-state index is 11.4. The molecule has 0 spiro atoms. The van der Waals surface area contributed by atoms with Gasteiger partial charge in [0, 0.05) is 23.0 Å². The van der Waals surface area contributed by atoms with E-state index in [1.807, 2.05) is 35.0 Å². The van der Waals surface area contributed by atoms with E-state index in [-0.39, 0.29) is 12.0 Å². The van der Waals surface area contributed by atoms with Crippen molar-refractivity contribution in [3.8, 4) is 0 Å². The molecule has 2 aromatic rings. The third-order valence-corrected chi connectivity index (χ3v) is 3.36. The van der Waals surface area contributed by atoms with Crippen LogP contribution in [0.3, 0.4) is 0 Å². The number of benzene rings is 1. The van der Waals surface area contributed by atoms with Crippen LogP contribution < -0.4 is 0 Å². The van der Waals surface area contributed by atoms with Crippen LogP contribution in [0.4, 0.5) is 0 Å². The minimum atomic E-state index is -0.175.